The van der Waals surface area contributed by atoms with Crippen molar-refractivity contribution in [1.29, 1.82) is 0 Å². The van der Waals surface area contributed by atoms with Crippen LogP contribution in [0.4, 0.5) is 5.69 Å². The van der Waals surface area contributed by atoms with Gasteiger partial charge in [-0.25, -0.2) is 4.98 Å². The standard InChI is InChI=1S/C15H11ClN2OS/c16-11-5-1-9(2-6-11)13-14(19-15(20)18-13)10-3-7-12(17)8-4-10/h1-8H,17H2,(H,18,20). The Kier molecular flexibility index (Phi) is 3.42. The van der Waals surface area contributed by atoms with Crippen molar-refractivity contribution in [2.24, 2.45) is 0 Å². The predicted octanol–water partition coefficient (Wildman–Crippen LogP) is 4.53. The molecule has 3 aromatic rings. The van der Waals surface area contributed by atoms with Gasteiger partial charge in [0.05, 0.1) is 0 Å². The molecule has 0 saturated carbocycles. The van der Waals surface area contributed by atoms with E-state index >= 15 is 0 Å². The van der Waals surface area contributed by atoms with Crippen molar-refractivity contribution in [2.45, 2.75) is 5.22 Å². The molecule has 2 aromatic carbocycles. The van der Waals surface area contributed by atoms with E-state index in [4.69, 9.17) is 21.8 Å². The molecule has 5 heteroatoms. The quantitative estimate of drug-likeness (QED) is 0.540. The van der Waals surface area contributed by atoms with Crippen LogP contribution in [0.2, 0.25) is 5.02 Å². The Bertz CT molecular complexity index is 673. The van der Waals surface area contributed by atoms with Crippen LogP contribution in [0.3, 0.4) is 0 Å². The van der Waals surface area contributed by atoms with Gasteiger partial charge in [0.25, 0.3) is 5.22 Å². The van der Waals surface area contributed by atoms with Gasteiger partial charge in [-0.3, -0.25) is 0 Å². The van der Waals surface area contributed by atoms with E-state index in [-0.39, 0.29) is 0 Å². The summed E-state index contributed by atoms with van der Waals surface area (Å²) in [5.41, 5.74) is 8.96. The van der Waals surface area contributed by atoms with Gasteiger partial charge in [0.1, 0.15) is 5.69 Å². The third kappa shape index (κ3) is 2.53. The van der Waals surface area contributed by atoms with Crippen LogP contribution < -0.4 is 5.73 Å². The summed E-state index contributed by atoms with van der Waals surface area (Å²) in [7, 11) is 0. The number of hydrogen-bond acceptors (Lipinski definition) is 4. The minimum atomic E-state index is 0.321. The zero-order valence-electron chi connectivity index (χ0n) is 10.4. The van der Waals surface area contributed by atoms with Crippen LogP contribution in [-0.4, -0.2) is 4.98 Å². The lowest BCUT2D eigenvalue weighted by molar-refractivity contribution is 0.468. The molecule has 1 aromatic heterocycles. The Balaban J connectivity index is 2.12. The first kappa shape index (κ1) is 13.1. The van der Waals surface area contributed by atoms with Crippen molar-refractivity contribution in [1.82, 2.24) is 4.98 Å². The minimum Gasteiger partial charge on any atom is -0.431 e. The molecular weight excluding hydrogens is 292 g/mol. The molecule has 100 valence electrons. The Morgan fingerprint density at radius 1 is 0.950 bits per heavy atom. The maximum absolute atomic E-state index is 5.91. The number of nitrogens with zero attached hydrogens (tertiary/aromatic N) is 1. The van der Waals surface area contributed by atoms with Crippen molar-refractivity contribution >= 4 is 29.9 Å². The molecule has 0 fully saturated rings. The lowest BCUT2D eigenvalue weighted by atomic mass is 10.1. The van der Waals surface area contributed by atoms with E-state index in [0.717, 1.165) is 16.8 Å². The van der Waals surface area contributed by atoms with Gasteiger partial charge in [0.2, 0.25) is 0 Å². The first-order valence-electron chi connectivity index (χ1n) is 5.95. The van der Waals surface area contributed by atoms with Gasteiger partial charge in [-0.15, -0.1) is 0 Å². The maximum Gasteiger partial charge on any atom is 0.253 e. The summed E-state index contributed by atoms with van der Waals surface area (Å²) in [6.45, 7) is 0. The van der Waals surface area contributed by atoms with Gasteiger partial charge in [-0.05, 0) is 36.4 Å². The summed E-state index contributed by atoms with van der Waals surface area (Å²) >= 11 is 10.1. The topological polar surface area (TPSA) is 52.0 Å². The van der Waals surface area contributed by atoms with Crippen molar-refractivity contribution in [3.05, 3.63) is 53.6 Å². The lowest BCUT2D eigenvalue weighted by Gasteiger charge is -2.02. The number of nitrogen functional groups attached to an aromatic ring is 1. The molecule has 0 aliphatic heterocycles. The average Bonchev–Trinajstić information content (AvgIpc) is 2.82. The zero-order chi connectivity index (χ0) is 14.1. The van der Waals surface area contributed by atoms with E-state index < -0.39 is 0 Å². The number of nitrogens with two attached hydrogens (primary N) is 1. The molecule has 0 bridgehead atoms. The number of aromatic nitrogens is 1. The molecule has 0 radical (unpaired) electrons. The first-order chi connectivity index (χ1) is 9.63. The summed E-state index contributed by atoms with van der Waals surface area (Å²) in [6.07, 6.45) is 0. The van der Waals surface area contributed by atoms with Crippen LogP contribution >= 0.6 is 24.2 Å². The van der Waals surface area contributed by atoms with Crippen molar-refractivity contribution in [3.8, 4) is 22.6 Å². The molecule has 0 atom stereocenters. The highest BCUT2D eigenvalue weighted by Gasteiger charge is 2.15. The second-order valence-electron chi connectivity index (χ2n) is 4.30. The molecule has 3 nitrogen and oxygen atoms in total. The minimum absolute atomic E-state index is 0.321. The van der Waals surface area contributed by atoms with Gasteiger partial charge < -0.3 is 10.2 Å². The van der Waals surface area contributed by atoms with E-state index in [9.17, 15) is 0 Å². The molecule has 0 aliphatic carbocycles. The van der Waals surface area contributed by atoms with E-state index in [1.54, 1.807) is 0 Å². The molecule has 0 unspecified atom stereocenters. The van der Waals surface area contributed by atoms with Crippen molar-refractivity contribution < 1.29 is 4.42 Å². The molecule has 0 aliphatic rings. The number of halogens is 1. The Morgan fingerprint density at radius 3 is 2.20 bits per heavy atom. The molecule has 2 N–H and O–H groups in total. The number of oxazole rings is 1. The fourth-order valence-electron chi connectivity index (χ4n) is 1.94. The summed E-state index contributed by atoms with van der Waals surface area (Å²) < 4.78 is 5.60. The Labute approximate surface area is 126 Å². The predicted molar refractivity (Wildman–Crippen MR) is 84.0 cm³/mol. The van der Waals surface area contributed by atoms with Gasteiger partial charge in [0.15, 0.2) is 5.76 Å². The zero-order valence-corrected chi connectivity index (χ0v) is 12.0. The second kappa shape index (κ2) is 5.23. The van der Waals surface area contributed by atoms with E-state index in [2.05, 4.69) is 17.6 Å². The largest absolute Gasteiger partial charge is 0.431 e. The SMILES string of the molecule is Nc1ccc(-c2oc(S)nc2-c2ccc(Cl)cc2)cc1. The number of rotatable bonds is 2. The lowest BCUT2D eigenvalue weighted by Crippen LogP contribution is -1.85. The normalized spacial score (nSPS) is 10.7. The highest BCUT2D eigenvalue weighted by molar-refractivity contribution is 7.80. The molecule has 20 heavy (non-hydrogen) atoms. The Morgan fingerprint density at radius 2 is 1.55 bits per heavy atom. The third-order valence-corrected chi connectivity index (χ3v) is 3.35. The van der Waals surface area contributed by atoms with Crippen molar-refractivity contribution in [2.75, 3.05) is 5.73 Å². The highest BCUT2D eigenvalue weighted by Crippen LogP contribution is 2.34. The number of benzene rings is 2. The second-order valence-corrected chi connectivity index (χ2v) is 5.12. The number of thiol groups is 1. The van der Waals surface area contributed by atoms with E-state index in [1.165, 1.54) is 0 Å². The smallest absolute Gasteiger partial charge is 0.253 e. The number of hydrogen-bond donors (Lipinski definition) is 2. The van der Waals surface area contributed by atoms with Gasteiger partial charge in [-0.1, -0.05) is 36.4 Å². The summed E-state index contributed by atoms with van der Waals surface area (Å²) in [5.74, 6) is 0.664. The Hall–Kier alpha value is -1.91. The van der Waals surface area contributed by atoms with Crippen LogP contribution in [0.15, 0.2) is 58.2 Å². The summed E-state index contributed by atoms with van der Waals surface area (Å²) in [4.78, 5) is 4.33. The van der Waals surface area contributed by atoms with Crippen LogP contribution in [-0.2, 0) is 0 Å². The highest BCUT2D eigenvalue weighted by atomic mass is 35.5. The molecule has 0 saturated heterocycles. The van der Waals surface area contributed by atoms with E-state index in [1.807, 2.05) is 48.5 Å². The van der Waals surface area contributed by atoms with Gasteiger partial charge in [0, 0.05) is 21.8 Å². The summed E-state index contributed by atoms with van der Waals surface area (Å²) in [5, 5.41) is 0.999. The molecular formula is C15H11ClN2OS. The maximum atomic E-state index is 5.91. The average molecular weight is 303 g/mol. The van der Waals surface area contributed by atoms with Crippen LogP contribution in [0.1, 0.15) is 0 Å². The molecule has 0 spiro atoms. The van der Waals surface area contributed by atoms with Gasteiger partial charge in [-0.2, -0.15) is 0 Å². The molecule has 0 amide bonds. The van der Waals surface area contributed by atoms with Gasteiger partial charge >= 0.3 is 0 Å². The number of anilines is 1. The fraction of sp³-hybridized carbons (Fsp3) is 0. The summed E-state index contributed by atoms with van der Waals surface area (Å²) in [6, 6.07) is 14.9. The third-order valence-electron chi connectivity index (χ3n) is 2.91. The molecule has 3 rings (SSSR count). The first-order valence-corrected chi connectivity index (χ1v) is 6.77. The van der Waals surface area contributed by atoms with E-state index in [0.29, 0.717) is 21.7 Å². The molecule has 1 heterocycles. The fourth-order valence-corrected chi connectivity index (χ4v) is 2.26. The van der Waals surface area contributed by atoms with Crippen LogP contribution in [0.5, 0.6) is 0 Å². The van der Waals surface area contributed by atoms with Crippen molar-refractivity contribution in [3.63, 3.8) is 0 Å². The van der Waals surface area contributed by atoms with Crippen LogP contribution in [0.25, 0.3) is 22.6 Å². The monoisotopic (exact) mass is 302 g/mol. The van der Waals surface area contributed by atoms with Crippen LogP contribution in [0, 0.1) is 0 Å².